The van der Waals surface area contributed by atoms with Gasteiger partial charge in [0.25, 0.3) is 0 Å². The quantitative estimate of drug-likeness (QED) is 0.826. The minimum Gasteiger partial charge on any atom is -0.487 e. The minimum atomic E-state index is -0.896. The lowest BCUT2D eigenvalue weighted by Gasteiger charge is -2.50. The summed E-state index contributed by atoms with van der Waals surface area (Å²) in [5.41, 5.74) is 1.49. The van der Waals surface area contributed by atoms with Crippen LogP contribution in [0.2, 0.25) is 0 Å². The fourth-order valence-corrected chi connectivity index (χ4v) is 3.68. The second-order valence-electron chi connectivity index (χ2n) is 6.16. The molecule has 1 aliphatic heterocycles. The molecule has 2 atom stereocenters. The third kappa shape index (κ3) is 1.61. The molecule has 0 spiro atoms. The summed E-state index contributed by atoms with van der Waals surface area (Å²) in [5, 5.41) is 9.06. The summed E-state index contributed by atoms with van der Waals surface area (Å²) in [5.74, 6) is -0.127. The molecule has 3 nitrogen and oxygen atoms in total. The van der Waals surface area contributed by atoms with Crippen LogP contribution in [0, 0.1) is 0 Å². The first-order valence-corrected chi connectivity index (χ1v) is 6.49. The molecule has 1 aliphatic carbocycles. The molecule has 96 valence electrons. The summed E-state index contributed by atoms with van der Waals surface area (Å²) < 4.78 is 6.08. The summed E-state index contributed by atoms with van der Waals surface area (Å²) in [7, 11) is 0. The lowest BCUT2D eigenvalue weighted by atomic mass is 9.64. The van der Waals surface area contributed by atoms with Gasteiger partial charge in [0.1, 0.15) is 11.4 Å². The number of carboxylic acids is 1. The van der Waals surface area contributed by atoms with Crippen LogP contribution in [0.5, 0.6) is 5.75 Å². The van der Waals surface area contributed by atoms with Crippen molar-refractivity contribution in [2.45, 2.75) is 50.5 Å². The van der Waals surface area contributed by atoms with Gasteiger partial charge in [0, 0.05) is 5.56 Å². The van der Waals surface area contributed by atoms with Crippen LogP contribution >= 0.6 is 0 Å². The van der Waals surface area contributed by atoms with Gasteiger partial charge in [-0.3, -0.25) is 0 Å². The summed E-state index contributed by atoms with van der Waals surface area (Å²) in [6, 6.07) is 5.30. The summed E-state index contributed by atoms with van der Waals surface area (Å²) >= 11 is 0. The van der Waals surface area contributed by atoms with Crippen molar-refractivity contribution in [1.29, 1.82) is 0 Å². The van der Waals surface area contributed by atoms with E-state index in [1.54, 1.807) is 12.1 Å². The van der Waals surface area contributed by atoms with Crippen molar-refractivity contribution in [3.05, 3.63) is 29.3 Å². The standard InChI is InChI=1S/C15H18O3/c1-14-6-3-7-15(2,9-14)18-12-8-10(13(16)17)4-5-11(12)14/h4-5,8H,3,6-7,9H2,1-2H3,(H,16,17). The van der Waals surface area contributed by atoms with Crippen LogP contribution < -0.4 is 4.74 Å². The van der Waals surface area contributed by atoms with Crippen LogP contribution in [-0.4, -0.2) is 16.7 Å². The molecule has 1 aromatic rings. The molecule has 1 aromatic carbocycles. The summed E-state index contributed by atoms with van der Waals surface area (Å²) in [6.45, 7) is 4.41. The zero-order valence-corrected chi connectivity index (χ0v) is 10.8. The van der Waals surface area contributed by atoms with Gasteiger partial charge in [-0.05, 0) is 50.2 Å². The molecule has 1 N–H and O–H groups in total. The third-order valence-corrected chi connectivity index (χ3v) is 4.43. The molecule has 18 heavy (non-hydrogen) atoms. The Morgan fingerprint density at radius 1 is 1.33 bits per heavy atom. The van der Waals surface area contributed by atoms with E-state index in [1.807, 2.05) is 6.07 Å². The van der Waals surface area contributed by atoms with Gasteiger partial charge in [0.15, 0.2) is 0 Å². The van der Waals surface area contributed by atoms with Gasteiger partial charge in [-0.1, -0.05) is 13.0 Å². The smallest absolute Gasteiger partial charge is 0.335 e. The molecule has 0 radical (unpaired) electrons. The fraction of sp³-hybridized carbons (Fsp3) is 0.533. The van der Waals surface area contributed by atoms with Crippen molar-refractivity contribution in [1.82, 2.24) is 0 Å². The molecule has 1 saturated carbocycles. The maximum Gasteiger partial charge on any atom is 0.335 e. The average Bonchev–Trinajstić information content (AvgIpc) is 2.26. The van der Waals surface area contributed by atoms with E-state index in [0.717, 1.165) is 25.0 Å². The van der Waals surface area contributed by atoms with Crippen LogP contribution in [0.4, 0.5) is 0 Å². The van der Waals surface area contributed by atoms with Gasteiger partial charge in [-0.25, -0.2) is 4.79 Å². The lowest BCUT2D eigenvalue weighted by molar-refractivity contribution is -0.00539. The first kappa shape index (κ1) is 11.6. The van der Waals surface area contributed by atoms with Crippen LogP contribution in [-0.2, 0) is 5.41 Å². The number of rotatable bonds is 1. The monoisotopic (exact) mass is 246 g/mol. The molecular formula is C15H18O3. The van der Waals surface area contributed by atoms with Gasteiger partial charge < -0.3 is 9.84 Å². The Bertz CT molecular complexity index is 522. The zero-order chi connectivity index (χ0) is 13.0. The summed E-state index contributed by atoms with van der Waals surface area (Å²) in [4.78, 5) is 11.0. The van der Waals surface area contributed by atoms with E-state index in [1.165, 1.54) is 12.0 Å². The van der Waals surface area contributed by atoms with Gasteiger partial charge in [0.05, 0.1) is 5.56 Å². The van der Waals surface area contributed by atoms with E-state index in [9.17, 15) is 4.79 Å². The van der Waals surface area contributed by atoms with Crippen molar-refractivity contribution in [3.8, 4) is 5.75 Å². The molecular weight excluding hydrogens is 228 g/mol. The molecule has 0 amide bonds. The molecule has 3 rings (SSSR count). The normalized spacial score (nSPS) is 33.4. The molecule has 1 heterocycles. The van der Waals surface area contributed by atoms with E-state index in [4.69, 9.17) is 9.84 Å². The SMILES string of the molecule is CC12CCCC(C)(C1)c1ccc(C(=O)O)cc1O2. The number of carboxylic acid groups (broad SMARTS) is 1. The minimum absolute atomic E-state index is 0.128. The molecule has 3 heteroatoms. The second kappa shape index (κ2) is 3.50. The van der Waals surface area contributed by atoms with Crippen molar-refractivity contribution in [2.75, 3.05) is 0 Å². The number of ether oxygens (including phenoxy) is 1. The largest absolute Gasteiger partial charge is 0.487 e. The maximum atomic E-state index is 11.0. The van der Waals surface area contributed by atoms with Crippen LogP contribution in [0.3, 0.4) is 0 Å². The lowest BCUT2D eigenvalue weighted by Crippen LogP contribution is -2.48. The van der Waals surface area contributed by atoms with Crippen molar-refractivity contribution < 1.29 is 14.6 Å². The van der Waals surface area contributed by atoms with Crippen molar-refractivity contribution >= 4 is 5.97 Å². The number of carbonyl (C=O) groups is 1. The Balaban J connectivity index is 2.13. The highest BCUT2D eigenvalue weighted by Gasteiger charge is 2.47. The molecule has 2 aliphatic rings. The number of benzene rings is 1. The van der Waals surface area contributed by atoms with E-state index in [-0.39, 0.29) is 11.0 Å². The predicted octanol–water partition coefficient (Wildman–Crippen LogP) is 3.37. The first-order chi connectivity index (χ1) is 8.42. The molecule has 1 fully saturated rings. The Morgan fingerprint density at radius 2 is 2.11 bits per heavy atom. The highest BCUT2D eigenvalue weighted by Crippen LogP contribution is 2.52. The maximum absolute atomic E-state index is 11.0. The van der Waals surface area contributed by atoms with Crippen LogP contribution in [0.15, 0.2) is 18.2 Å². The average molecular weight is 246 g/mol. The topological polar surface area (TPSA) is 46.5 Å². The molecule has 2 bridgehead atoms. The van der Waals surface area contributed by atoms with Crippen molar-refractivity contribution in [3.63, 3.8) is 0 Å². The van der Waals surface area contributed by atoms with Gasteiger partial charge in [-0.15, -0.1) is 0 Å². The van der Waals surface area contributed by atoms with E-state index < -0.39 is 5.97 Å². The fourth-order valence-electron chi connectivity index (χ4n) is 3.68. The van der Waals surface area contributed by atoms with E-state index in [2.05, 4.69) is 13.8 Å². The van der Waals surface area contributed by atoms with E-state index >= 15 is 0 Å². The number of hydrogen-bond acceptors (Lipinski definition) is 2. The third-order valence-electron chi connectivity index (χ3n) is 4.43. The predicted molar refractivity (Wildman–Crippen MR) is 68.3 cm³/mol. The number of hydrogen-bond donors (Lipinski definition) is 1. The molecule has 0 saturated heterocycles. The molecule has 0 aromatic heterocycles. The highest BCUT2D eigenvalue weighted by molar-refractivity contribution is 5.88. The Morgan fingerprint density at radius 3 is 2.83 bits per heavy atom. The van der Waals surface area contributed by atoms with Gasteiger partial charge in [0.2, 0.25) is 0 Å². The Hall–Kier alpha value is -1.51. The first-order valence-electron chi connectivity index (χ1n) is 6.49. The Kier molecular flexibility index (Phi) is 2.25. The second-order valence-corrected chi connectivity index (χ2v) is 6.16. The highest BCUT2D eigenvalue weighted by atomic mass is 16.5. The molecule has 2 unspecified atom stereocenters. The summed E-state index contributed by atoms with van der Waals surface area (Å²) in [6.07, 6.45) is 4.41. The van der Waals surface area contributed by atoms with Crippen LogP contribution in [0.25, 0.3) is 0 Å². The zero-order valence-electron chi connectivity index (χ0n) is 10.8. The number of aromatic carboxylic acids is 1. The van der Waals surface area contributed by atoms with Gasteiger partial charge >= 0.3 is 5.97 Å². The number of fused-ring (bicyclic) bond motifs is 4. The van der Waals surface area contributed by atoms with E-state index in [0.29, 0.717) is 5.56 Å². The van der Waals surface area contributed by atoms with Crippen molar-refractivity contribution in [2.24, 2.45) is 0 Å². The van der Waals surface area contributed by atoms with Gasteiger partial charge in [-0.2, -0.15) is 0 Å². The van der Waals surface area contributed by atoms with Crippen LogP contribution in [0.1, 0.15) is 55.5 Å². The Labute approximate surface area is 107 Å².